The van der Waals surface area contributed by atoms with Crippen molar-refractivity contribution in [3.63, 3.8) is 0 Å². The first-order chi connectivity index (χ1) is 14.1. The van der Waals surface area contributed by atoms with Gasteiger partial charge in [0.05, 0.1) is 23.9 Å². The summed E-state index contributed by atoms with van der Waals surface area (Å²) in [4.78, 5) is 35.4. The van der Waals surface area contributed by atoms with Gasteiger partial charge in [0.2, 0.25) is 5.76 Å². The maximum Gasteiger partial charge on any atom is 0.293 e. The number of amides is 1. The predicted octanol–water partition coefficient (Wildman–Crippen LogP) is 2.61. The van der Waals surface area contributed by atoms with Crippen molar-refractivity contribution >= 4 is 22.6 Å². The van der Waals surface area contributed by atoms with E-state index in [2.05, 4.69) is 25.4 Å². The molecule has 9 heteroatoms. The van der Waals surface area contributed by atoms with Gasteiger partial charge in [-0.25, -0.2) is 14.6 Å². The molecule has 146 valence electrons. The van der Waals surface area contributed by atoms with Crippen LogP contribution in [0.2, 0.25) is 0 Å². The van der Waals surface area contributed by atoms with Gasteiger partial charge in [-0.1, -0.05) is 0 Å². The maximum absolute atomic E-state index is 12.6. The van der Waals surface area contributed by atoms with Crippen LogP contribution in [0.1, 0.15) is 35.0 Å². The summed E-state index contributed by atoms with van der Waals surface area (Å²) in [5.74, 6) is 1.17. The van der Waals surface area contributed by atoms with Gasteiger partial charge in [-0.3, -0.25) is 9.59 Å². The molecule has 1 saturated carbocycles. The zero-order valence-corrected chi connectivity index (χ0v) is 15.7. The third kappa shape index (κ3) is 3.31. The van der Waals surface area contributed by atoms with Crippen molar-refractivity contribution in [3.05, 3.63) is 64.5 Å². The smallest absolute Gasteiger partial charge is 0.293 e. The number of nitrogens with one attached hydrogen (secondary N) is 2. The highest BCUT2D eigenvalue weighted by atomic mass is 16.4. The lowest BCUT2D eigenvalue weighted by Crippen LogP contribution is -2.12. The fourth-order valence-electron chi connectivity index (χ4n) is 3.24. The van der Waals surface area contributed by atoms with Gasteiger partial charge in [-0.05, 0) is 49.9 Å². The minimum atomic E-state index is -0.331. The Kier molecular flexibility index (Phi) is 4.01. The molecular formula is C20H18N6O3. The van der Waals surface area contributed by atoms with Crippen LogP contribution in [0.15, 0.2) is 46.0 Å². The summed E-state index contributed by atoms with van der Waals surface area (Å²) < 4.78 is 7.23. The Morgan fingerprint density at radius 2 is 2.10 bits per heavy atom. The van der Waals surface area contributed by atoms with Crippen LogP contribution in [-0.4, -0.2) is 30.6 Å². The van der Waals surface area contributed by atoms with E-state index in [0.717, 1.165) is 12.1 Å². The standard InChI is InChI=1S/C20H18N6O3/c1-11-17(29-16(24-11)8-12-2-3-12)20(28)25-13-4-6-14(7-5-13)26-18-15(9-23-26)19(27)22-10-21-18/h4-7,9-10,12H,2-3,8H2,1H3,(H,25,28)(H,21,22,27). The van der Waals surface area contributed by atoms with Crippen LogP contribution < -0.4 is 10.9 Å². The van der Waals surface area contributed by atoms with Gasteiger partial charge in [0.1, 0.15) is 5.39 Å². The van der Waals surface area contributed by atoms with Gasteiger partial charge in [0.25, 0.3) is 11.5 Å². The summed E-state index contributed by atoms with van der Waals surface area (Å²) in [5, 5.41) is 7.47. The van der Waals surface area contributed by atoms with Gasteiger partial charge in [0, 0.05) is 12.1 Å². The fraction of sp³-hybridized carbons (Fsp3) is 0.250. The molecule has 0 unspecified atom stereocenters. The first kappa shape index (κ1) is 17.4. The monoisotopic (exact) mass is 390 g/mol. The second kappa shape index (κ2) is 6.69. The number of hydrogen-bond acceptors (Lipinski definition) is 6. The number of aromatic nitrogens is 5. The topological polar surface area (TPSA) is 119 Å². The summed E-state index contributed by atoms with van der Waals surface area (Å²) in [6.45, 7) is 1.77. The highest BCUT2D eigenvalue weighted by Gasteiger charge is 2.26. The fourth-order valence-corrected chi connectivity index (χ4v) is 3.24. The minimum Gasteiger partial charge on any atom is -0.435 e. The van der Waals surface area contributed by atoms with Gasteiger partial charge in [-0.15, -0.1) is 0 Å². The first-order valence-corrected chi connectivity index (χ1v) is 9.38. The number of oxazole rings is 1. The van der Waals surface area contributed by atoms with Crippen LogP contribution in [0.5, 0.6) is 0 Å². The van der Waals surface area contributed by atoms with Crippen molar-refractivity contribution in [3.8, 4) is 5.69 Å². The van der Waals surface area contributed by atoms with E-state index in [4.69, 9.17) is 4.42 Å². The third-order valence-electron chi connectivity index (χ3n) is 4.95. The predicted molar refractivity (Wildman–Crippen MR) is 105 cm³/mol. The van der Waals surface area contributed by atoms with Crippen molar-refractivity contribution in [1.82, 2.24) is 24.7 Å². The van der Waals surface area contributed by atoms with Crippen LogP contribution in [0.3, 0.4) is 0 Å². The number of benzene rings is 1. The van der Waals surface area contributed by atoms with Crippen LogP contribution in [-0.2, 0) is 6.42 Å². The molecule has 0 atom stereocenters. The Bertz CT molecular complexity index is 1260. The molecule has 1 aliphatic carbocycles. The second-order valence-corrected chi connectivity index (χ2v) is 7.20. The van der Waals surface area contributed by atoms with Crippen LogP contribution in [0, 0.1) is 12.8 Å². The number of carbonyl (C=O) groups excluding carboxylic acids is 1. The van der Waals surface area contributed by atoms with E-state index in [1.54, 1.807) is 35.9 Å². The van der Waals surface area contributed by atoms with Gasteiger partial charge in [0.15, 0.2) is 11.5 Å². The number of aryl methyl sites for hydroxylation is 1. The molecule has 3 aromatic heterocycles. The summed E-state index contributed by atoms with van der Waals surface area (Å²) in [6, 6.07) is 7.09. The van der Waals surface area contributed by atoms with Gasteiger partial charge in [-0.2, -0.15) is 5.10 Å². The number of hydrogen-bond donors (Lipinski definition) is 2. The van der Waals surface area contributed by atoms with E-state index in [0.29, 0.717) is 34.2 Å². The molecule has 29 heavy (non-hydrogen) atoms. The van der Waals surface area contributed by atoms with Crippen molar-refractivity contribution in [2.45, 2.75) is 26.2 Å². The van der Waals surface area contributed by atoms with E-state index in [-0.39, 0.29) is 17.2 Å². The van der Waals surface area contributed by atoms with E-state index in [1.165, 1.54) is 25.4 Å². The minimum absolute atomic E-state index is 0.242. The molecule has 3 heterocycles. The summed E-state index contributed by atoms with van der Waals surface area (Å²) in [6.07, 6.45) is 6.00. The summed E-state index contributed by atoms with van der Waals surface area (Å²) >= 11 is 0. The number of rotatable bonds is 5. The average molecular weight is 390 g/mol. The number of fused-ring (bicyclic) bond motifs is 1. The Morgan fingerprint density at radius 1 is 1.31 bits per heavy atom. The molecule has 0 saturated heterocycles. The van der Waals surface area contributed by atoms with E-state index >= 15 is 0 Å². The molecule has 9 nitrogen and oxygen atoms in total. The molecule has 0 spiro atoms. The molecule has 5 rings (SSSR count). The molecule has 1 aliphatic rings. The van der Waals surface area contributed by atoms with Gasteiger partial charge >= 0.3 is 0 Å². The lowest BCUT2D eigenvalue weighted by Gasteiger charge is -2.06. The van der Waals surface area contributed by atoms with Crippen molar-refractivity contribution in [2.24, 2.45) is 5.92 Å². The van der Waals surface area contributed by atoms with E-state index < -0.39 is 0 Å². The van der Waals surface area contributed by atoms with Crippen molar-refractivity contribution in [1.29, 1.82) is 0 Å². The van der Waals surface area contributed by atoms with Crippen LogP contribution >= 0.6 is 0 Å². The quantitative estimate of drug-likeness (QED) is 0.541. The Morgan fingerprint density at radius 3 is 2.86 bits per heavy atom. The highest BCUT2D eigenvalue weighted by molar-refractivity contribution is 6.03. The lowest BCUT2D eigenvalue weighted by molar-refractivity contribution is 0.0994. The molecule has 0 bridgehead atoms. The number of H-pyrrole nitrogens is 1. The number of nitrogens with zero attached hydrogens (tertiary/aromatic N) is 4. The second-order valence-electron chi connectivity index (χ2n) is 7.20. The number of carbonyl (C=O) groups is 1. The molecular weight excluding hydrogens is 372 g/mol. The molecule has 1 aromatic carbocycles. The highest BCUT2D eigenvalue weighted by Crippen LogP contribution is 2.32. The SMILES string of the molecule is Cc1nc(CC2CC2)oc1C(=O)Nc1ccc(-n2ncc3c(=O)[nH]cnc32)cc1. The van der Waals surface area contributed by atoms with Crippen molar-refractivity contribution < 1.29 is 9.21 Å². The molecule has 1 fully saturated rings. The van der Waals surface area contributed by atoms with Gasteiger partial charge < -0.3 is 14.7 Å². The van der Waals surface area contributed by atoms with Crippen molar-refractivity contribution in [2.75, 3.05) is 5.32 Å². The number of anilines is 1. The third-order valence-corrected chi connectivity index (χ3v) is 4.95. The maximum atomic E-state index is 12.6. The largest absolute Gasteiger partial charge is 0.435 e. The van der Waals surface area contributed by atoms with Crippen LogP contribution in [0.4, 0.5) is 5.69 Å². The first-order valence-electron chi connectivity index (χ1n) is 9.38. The summed E-state index contributed by atoms with van der Waals surface area (Å²) in [7, 11) is 0. The molecule has 1 amide bonds. The summed E-state index contributed by atoms with van der Waals surface area (Å²) in [5.41, 5.74) is 2.15. The zero-order chi connectivity index (χ0) is 20.0. The van der Waals surface area contributed by atoms with Crippen LogP contribution in [0.25, 0.3) is 16.7 Å². The molecule has 4 aromatic rings. The Balaban J connectivity index is 1.35. The molecule has 2 N–H and O–H groups in total. The molecule has 0 aliphatic heterocycles. The normalized spacial score (nSPS) is 13.7. The average Bonchev–Trinajstić information content (AvgIpc) is 3.28. The van der Waals surface area contributed by atoms with E-state index in [1.807, 2.05) is 0 Å². The Labute approximate surface area is 164 Å². The van der Waals surface area contributed by atoms with E-state index in [9.17, 15) is 9.59 Å². The molecule has 0 radical (unpaired) electrons. The Hall–Kier alpha value is -3.75. The lowest BCUT2D eigenvalue weighted by atomic mass is 10.2. The number of aromatic amines is 1. The zero-order valence-electron chi connectivity index (χ0n) is 15.7.